The summed E-state index contributed by atoms with van der Waals surface area (Å²) < 4.78 is 6.40. The number of aromatic amines is 1. The van der Waals surface area contributed by atoms with Gasteiger partial charge < -0.3 is 9.84 Å². The van der Waals surface area contributed by atoms with E-state index in [1.807, 2.05) is 0 Å². The topological polar surface area (TPSA) is 84.3 Å². The summed E-state index contributed by atoms with van der Waals surface area (Å²) in [5, 5.41) is 11.4. The average molecular weight is 248 g/mol. The molecule has 0 amide bonds. The summed E-state index contributed by atoms with van der Waals surface area (Å²) in [4.78, 5) is 21.9. The lowest BCUT2D eigenvalue weighted by Gasteiger charge is -2.05. The fourth-order valence-electron chi connectivity index (χ4n) is 1.54. The van der Waals surface area contributed by atoms with E-state index < -0.39 is 5.97 Å². The van der Waals surface area contributed by atoms with Crippen LogP contribution in [-0.2, 0) is 4.79 Å². The van der Waals surface area contributed by atoms with Gasteiger partial charge in [-0.2, -0.15) is 0 Å². The highest BCUT2D eigenvalue weighted by molar-refractivity contribution is 5.68. The van der Waals surface area contributed by atoms with Crippen LogP contribution in [0.25, 0.3) is 5.69 Å². The second-order valence-electron chi connectivity index (χ2n) is 3.79. The summed E-state index contributed by atoms with van der Waals surface area (Å²) in [7, 11) is 0. The van der Waals surface area contributed by atoms with Crippen molar-refractivity contribution in [2.24, 2.45) is 0 Å². The molecule has 0 spiro atoms. The third kappa shape index (κ3) is 2.60. The molecule has 6 nitrogen and oxygen atoms in total. The molecule has 0 aliphatic rings. The van der Waals surface area contributed by atoms with Crippen LogP contribution in [0, 0.1) is 6.92 Å². The molecule has 0 atom stereocenters. The minimum absolute atomic E-state index is 0.147. The van der Waals surface area contributed by atoms with Crippen molar-refractivity contribution in [2.45, 2.75) is 6.92 Å². The summed E-state index contributed by atoms with van der Waals surface area (Å²) in [5.41, 5.74) is 1.29. The van der Waals surface area contributed by atoms with Gasteiger partial charge in [-0.05, 0) is 31.2 Å². The van der Waals surface area contributed by atoms with E-state index in [1.54, 1.807) is 31.2 Å². The fraction of sp³-hybridized carbons (Fsp3) is 0.167. The van der Waals surface area contributed by atoms with Gasteiger partial charge in [0.1, 0.15) is 5.75 Å². The first-order chi connectivity index (χ1) is 8.56. The Hall–Kier alpha value is -2.50. The van der Waals surface area contributed by atoms with Crippen molar-refractivity contribution in [3.8, 4) is 11.4 Å². The molecule has 2 rings (SSSR count). The van der Waals surface area contributed by atoms with Crippen molar-refractivity contribution in [1.29, 1.82) is 0 Å². The van der Waals surface area contributed by atoms with E-state index in [0.717, 1.165) is 5.69 Å². The molecular weight excluding hydrogens is 236 g/mol. The number of nitrogens with one attached hydrogen (secondary N) is 1. The van der Waals surface area contributed by atoms with Gasteiger partial charge >= 0.3 is 5.97 Å². The zero-order valence-corrected chi connectivity index (χ0v) is 9.71. The van der Waals surface area contributed by atoms with Gasteiger partial charge in [-0.15, -0.1) is 0 Å². The van der Waals surface area contributed by atoms with Crippen LogP contribution in [0.4, 0.5) is 0 Å². The highest BCUT2D eigenvalue weighted by Crippen LogP contribution is 2.13. The van der Waals surface area contributed by atoms with Crippen molar-refractivity contribution in [3.05, 3.63) is 46.4 Å². The third-order valence-corrected chi connectivity index (χ3v) is 2.31. The van der Waals surface area contributed by atoms with Crippen molar-refractivity contribution in [3.63, 3.8) is 0 Å². The molecule has 0 radical (unpaired) electrons. The summed E-state index contributed by atoms with van der Waals surface area (Å²) >= 11 is 0. The van der Waals surface area contributed by atoms with Gasteiger partial charge in [0, 0.05) is 11.8 Å². The molecule has 0 saturated carbocycles. The van der Waals surface area contributed by atoms with Gasteiger partial charge in [0.25, 0.3) is 5.56 Å². The fourth-order valence-corrected chi connectivity index (χ4v) is 1.54. The largest absolute Gasteiger partial charge is 0.482 e. The molecule has 1 aromatic heterocycles. The number of aliphatic carboxylic acids is 1. The highest BCUT2D eigenvalue weighted by Gasteiger charge is 2.03. The lowest BCUT2D eigenvalue weighted by Crippen LogP contribution is -2.13. The minimum Gasteiger partial charge on any atom is -0.482 e. The molecule has 1 aromatic carbocycles. The number of nitrogens with zero attached hydrogens (tertiary/aromatic N) is 1. The maximum absolute atomic E-state index is 11.6. The number of rotatable bonds is 4. The lowest BCUT2D eigenvalue weighted by molar-refractivity contribution is -0.139. The molecule has 0 saturated heterocycles. The average Bonchev–Trinajstić information content (AvgIpc) is 2.66. The Morgan fingerprint density at radius 1 is 1.39 bits per heavy atom. The smallest absolute Gasteiger partial charge is 0.341 e. The van der Waals surface area contributed by atoms with E-state index in [1.165, 1.54) is 10.7 Å². The summed E-state index contributed by atoms with van der Waals surface area (Å²) in [6.07, 6.45) is 0. The van der Waals surface area contributed by atoms with Gasteiger partial charge in [-0.1, -0.05) is 0 Å². The van der Waals surface area contributed by atoms with Gasteiger partial charge in [0.05, 0.1) is 5.69 Å². The van der Waals surface area contributed by atoms with E-state index in [9.17, 15) is 9.59 Å². The lowest BCUT2D eigenvalue weighted by atomic mass is 10.3. The molecule has 0 bridgehead atoms. The Bertz CT molecular complexity index is 610. The number of aromatic nitrogens is 2. The molecule has 0 fully saturated rings. The van der Waals surface area contributed by atoms with E-state index in [-0.39, 0.29) is 12.2 Å². The number of carbonyl (C=O) groups is 1. The van der Waals surface area contributed by atoms with Crippen LogP contribution in [0.2, 0.25) is 0 Å². The van der Waals surface area contributed by atoms with E-state index >= 15 is 0 Å². The zero-order valence-electron chi connectivity index (χ0n) is 9.71. The molecular formula is C12H12N2O4. The second kappa shape index (κ2) is 4.79. The number of hydrogen-bond donors (Lipinski definition) is 2. The normalized spacial score (nSPS) is 10.3. The summed E-state index contributed by atoms with van der Waals surface area (Å²) in [5.74, 6) is -0.590. The molecule has 0 aliphatic carbocycles. The zero-order chi connectivity index (χ0) is 13.1. The monoisotopic (exact) mass is 248 g/mol. The number of hydrogen-bond acceptors (Lipinski definition) is 3. The van der Waals surface area contributed by atoms with Crippen LogP contribution in [0.3, 0.4) is 0 Å². The van der Waals surface area contributed by atoms with Crippen molar-refractivity contribution in [2.75, 3.05) is 6.61 Å². The van der Waals surface area contributed by atoms with Gasteiger partial charge in [0.15, 0.2) is 6.61 Å². The van der Waals surface area contributed by atoms with Crippen LogP contribution in [0.5, 0.6) is 5.75 Å². The van der Waals surface area contributed by atoms with Crippen LogP contribution < -0.4 is 10.3 Å². The Morgan fingerprint density at radius 3 is 2.56 bits per heavy atom. The molecule has 94 valence electrons. The predicted molar refractivity (Wildman–Crippen MR) is 64.3 cm³/mol. The first-order valence-corrected chi connectivity index (χ1v) is 5.30. The number of benzene rings is 1. The van der Waals surface area contributed by atoms with Gasteiger partial charge in [-0.3, -0.25) is 9.89 Å². The first-order valence-electron chi connectivity index (χ1n) is 5.30. The van der Waals surface area contributed by atoms with Crippen molar-refractivity contribution < 1.29 is 14.6 Å². The molecule has 6 heteroatoms. The molecule has 0 unspecified atom stereocenters. The van der Waals surface area contributed by atoms with E-state index in [4.69, 9.17) is 9.84 Å². The Balaban J connectivity index is 2.20. The maximum atomic E-state index is 11.6. The predicted octanol–water partition coefficient (Wildman–Crippen LogP) is 0.937. The van der Waals surface area contributed by atoms with Gasteiger partial charge in [-0.25, -0.2) is 9.48 Å². The summed E-state index contributed by atoms with van der Waals surface area (Å²) in [6, 6.07) is 8.07. The third-order valence-electron chi connectivity index (χ3n) is 2.31. The minimum atomic E-state index is -1.03. The number of carboxylic acid groups (broad SMARTS) is 1. The van der Waals surface area contributed by atoms with Crippen LogP contribution in [0.15, 0.2) is 35.1 Å². The van der Waals surface area contributed by atoms with Crippen molar-refractivity contribution in [1.82, 2.24) is 9.78 Å². The van der Waals surface area contributed by atoms with Gasteiger partial charge in [0.2, 0.25) is 0 Å². The molecule has 2 aromatic rings. The Morgan fingerprint density at radius 2 is 2.06 bits per heavy atom. The molecule has 0 aliphatic heterocycles. The summed E-state index contributed by atoms with van der Waals surface area (Å²) in [6.45, 7) is 1.41. The number of aryl methyl sites for hydroxylation is 1. The Kier molecular flexibility index (Phi) is 3.18. The first kappa shape index (κ1) is 12.0. The molecule has 18 heavy (non-hydrogen) atoms. The highest BCUT2D eigenvalue weighted by atomic mass is 16.5. The second-order valence-corrected chi connectivity index (χ2v) is 3.79. The molecule has 2 N–H and O–H groups in total. The Labute approximate surface area is 102 Å². The van der Waals surface area contributed by atoms with Crippen LogP contribution in [-0.4, -0.2) is 27.5 Å². The van der Waals surface area contributed by atoms with E-state index in [0.29, 0.717) is 11.4 Å². The number of carboxylic acids is 1. The SMILES string of the molecule is Cc1cc(=O)n(-c2ccc(OCC(=O)O)cc2)[nH]1. The number of H-pyrrole nitrogens is 1. The number of ether oxygens (including phenoxy) is 1. The van der Waals surface area contributed by atoms with E-state index in [2.05, 4.69) is 5.10 Å². The molecule has 1 heterocycles. The van der Waals surface area contributed by atoms with Crippen molar-refractivity contribution >= 4 is 5.97 Å². The maximum Gasteiger partial charge on any atom is 0.341 e. The van der Waals surface area contributed by atoms with Crippen LogP contribution >= 0.6 is 0 Å². The quantitative estimate of drug-likeness (QED) is 0.843. The standard InChI is InChI=1S/C12H12N2O4/c1-8-6-11(15)14(13-8)9-2-4-10(5-3-9)18-7-12(16)17/h2-6,13H,7H2,1H3,(H,16,17). The van der Waals surface area contributed by atoms with Crippen LogP contribution in [0.1, 0.15) is 5.69 Å².